The van der Waals surface area contributed by atoms with Gasteiger partial charge in [0.05, 0.1) is 19.1 Å². The predicted molar refractivity (Wildman–Crippen MR) is 56.7 cm³/mol. The van der Waals surface area contributed by atoms with E-state index in [0.29, 0.717) is 17.1 Å². The van der Waals surface area contributed by atoms with E-state index in [1.54, 1.807) is 26.4 Å². The highest BCUT2D eigenvalue weighted by molar-refractivity contribution is 7.98. The van der Waals surface area contributed by atoms with E-state index in [0.717, 1.165) is 11.2 Å². The number of rotatable bonds is 4. The van der Waals surface area contributed by atoms with Crippen molar-refractivity contribution >= 4 is 18.0 Å². The van der Waals surface area contributed by atoms with Crippen LogP contribution in [0.3, 0.4) is 0 Å². The maximum absolute atomic E-state index is 10.6. The van der Waals surface area contributed by atoms with Crippen molar-refractivity contribution in [2.24, 2.45) is 0 Å². The van der Waals surface area contributed by atoms with Gasteiger partial charge in [-0.3, -0.25) is 4.79 Å². The molecule has 0 aliphatic rings. The summed E-state index contributed by atoms with van der Waals surface area (Å²) < 4.78 is 10.3. The Morgan fingerprint density at radius 3 is 2.43 bits per heavy atom. The molecule has 0 spiro atoms. The van der Waals surface area contributed by atoms with Crippen LogP contribution in [-0.4, -0.2) is 26.8 Å². The first-order chi connectivity index (χ1) is 6.76. The van der Waals surface area contributed by atoms with Crippen molar-refractivity contribution in [3.05, 3.63) is 17.7 Å². The van der Waals surface area contributed by atoms with Gasteiger partial charge in [-0.25, -0.2) is 0 Å². The van der Waals surface area contributed by atoms with E-state index in [1.165, 1.54) is 11.8 Å². The number of hydrogen-bond acceptors (Lipinski definition) is 4. The van der Waals surface area contributed by atoms with Gasteiger partial charge in [0.2, 0.25) is 0 Å². The van der Waals surface area contributed by atoms with E-state index in [4.69, 9.17) is 9.47 Å². The summed E-state index contributed by atoms with van der Waals surface area (Å²) in [4.78, 5) is 11.5. The topological polar surface area (TPSA) is 35.5 Å². The lowest BCUT2D eigenvalue weighted by Crippen LogP contribution is -1.94. The number of carbonyl (C=O) groups is 1. The Morgan fingerprint density at radius 2 is 2.00 bits per heavy atom. The molecule has 4 heteroatoms. The summed E-state index contributed by atoms with van der Waals surface area (Å²) in [6.07, 6.45) is 2.72. The summed E-state index contributed by atoms with van der Waals surface area (Å²) in [6, 6.07) is 3.44. The highest BCUT2D eigenvalue weighted by Crippen LogP contribution is 2.37. The standard InChI is InChI=1S/C10H12O3S/c1-12-8-4-7(6-11)5-9(14-3)10(8)13-2/h4-6H,1-3H3. The second-order valence-corrected chi connectivity index (χ2v) is 3.42. The second kappa shape index (κ2) is 4.91. The number of carbonyl (C=O) groups excluding carboxylic acids is 1. The van der Waals surface area contributed by atoms with Gasteiger partial charge in [0.1, 0.15) is 6.29 Å². The molecule has 0 unspecified atom stereocenters. The number of ether oxygens (including phenoxy) is 2. The second-order valence-electron chi connectivity index (χ2n) is 2.58. The third-order valence-electron chi connectivity index (χ3n) is 1.82. The molecule has 0 heterocycles. The normalized spacial score (nSPS) is 9.64. The van der Waals surface area contributed by atoms with Gasteiger partial charge in [0, 0.05) is 5.56 Å². The molecule has 0 radical (unpaired) electrons. The van der Waals surface area contributed by atoms with Crippen LogP contribution in [0.5, 0.6) is 11.5 Å². The van der Waals surface area contributed by atoms with Gasteiger partial charge in [-0.15, -0.1) is 11.8 Å². The fraction of sp³-hybridized carbons (Fsp3) is 0.300. The van der Waals surface area contributed by atoms with Crippen LogP contribution in [0, 0.1) is 0 Å². The van der Waals surface area contributed by atoms with Crippen molar-refractivity contribution in [2.45, 2.75) is 4.90 Å². The lowest BCUT2D eigenvalue weighted by Gasteiger charge is -2.11. The van der Waals surface area contributed by atoms with Crippen molar-refractivity contribution in [3.8, 4) is 11.5 Å². The highest BCUT2D eigenvalue weighted by Gasteiger charge is 2.10. The number of aldehydes is 1. The summed E-state index contributed by atoms with van der Waals surface area (Å²) in [5, 5.41) is 0. The molecule has 0 bridgehead atoms. The van der Waals surface area contributed by atoms with Crippen LogP contribution in [0.25, 0.3) is 0 Å². The molecule has 3 nitrogen and oxygen atoms in total. The van der Waals surface area contributed by atoms with Crippen molar-refractivity contribution < 1.29 is 14.3 Å². The molecule has 0 saturated heterocycles. The summed E-state index contributed by atoms with van der Waals surface area (Å²) in [5.41, 5.74) is 0.590. The first-order valence-corrected chi connectivity index (χ1v) is 5.24. The summed E-state index contributed by atoms with van der Waals surface area (Å²) in [7, 11) is 3.13. The zero-order valence-corrected chi connectivity index (χ0v) is 9.18. The zero-order valence-electron chi connectivity index (χ0n) is 8.37. The van der Waals surface area contributed by atoms with Gasteiger partial charge >= 0.3 is 0 Å². The Balaban J connectivity index is 3.31. The molecule has 0 N–H and O–H groups in total. The lowest BCUT2D eigenvalue weighted by molar-refractivity contribution is 0.112. The Labute approximate surface area is 87.4 Å². The monoisotopic (exact) mass is 212 g/mol. The van der Waals surface area contributed by atoms with Gasteiger partial charge < -0.3 is 9.47 Å². The van der Waals surface area contributed by atoms with E-state index < -0.39 is 0 Å². The van der Waals surface area contributed by atoms with Crippen molar-refractivity contribution in [3.63, 3.8) is 0 Å². The molecule has 0 aromatic heterocycles. The maximum Gasteiger partial charge on any atom is 0.174 e. The number of thioether (sulfide) groups is 1. The van der Waals surface area contributed by atoms with E-state index in [1.807, 2.05) is 6.26 Å². The molecular formula is C10H12O3S. The van der Waals surface area contributed by atoms with Crippen molar-refractivity contribution in [1.29, 1.82) is 0 Å². The van der Waals surface area contributed by atoms with Gasteiger partial charge in [-0.2, -0.15) is 0 Å². The average Bonchev–Trinajstić information content (AvgIpc) is 2.26. The third-order valence-corrected chi connectivity index (χ3v) is 2.57. The number of methoxy groups -OCH3 is 2. The van der Waals surface area contributed by atoms with Crippen LogP contribution in [0.15, 0.2) is 17.0 Å². The molecule has 0 amide bonds. The van der Waals surface area contributed by atoms with Crippen LogP contribution in [0.4, 0.5) is 0 Å². The quantitative estimate of drug-likeness (QED) is 0.566. The Morgan fingerprint density at radius 1 is 1.29 bits per heavy atom. The summed E-state index contributed by atoms with van der Waals surface area (Å²) >= 11 is 1.52. The molecule has 1 rings (SSSR count). The van der Waals surface area contributed by atoms with Gasteiger partial charge in [0.25, 0.3) is 0 Å². The molecule has 0 saturated carbocycles. The van der Waals surface area contributed by atoms with Crippen LogP contribution < -0.4 is 9.47 Å². The molecule has 0 aliphatic carbocycles. The number of benzene rings is 1. The fourth-order valence-electron chi connectivity index (χ4n) is 1.17. The SMILES string of the molecule is COc1cc(C=O)cc(SC)c1OC. The Hall–Kier alpha value is -1.16. The van der Waals surface area contributed by atoms with Gasteiger partial charge in [0.15, 0.2) is 11.5 Å². The smallest absolute Gasteiger partial charge is 0.174 e. The van der Waals surface area contributed by atoms with Crippen LogP contribution >= 0.6 is 11.8 Å². The van der Waals surface area contributed by atoms with Crippen LogP contribution in [-0.2, 0) is 0 Å². The van der Waals surface area contributed by atoms with Gasteiger partial charge in [-0.05, 0) is 18.4 Å². The van der Waals surface area contributed by atoms with Crippen molar-refractivity contribution in [2.75, 3.05) is 20.5 Å². The van der Waals surface area contributed by atoms with E-state index in [-0.39, 0.29) is 0 Å². The molecule has 76 valence electrons. The molecule has 14 heavy (non-hydrogen) atoms. The van der Waals surface area contributed by atoms with Crippen molar-refractivity contribution in [1.82, 2.24) is 0 Å². The summed E-state index contributed by atoms with van der Waals surface area (Å²) in [6.45, 7) is 0. The van der Waals surface area contributed by atoms with E-state index >= 15 is 0 Å². The first kappa shape index (κ1) is 10.9. The molecule has 1 aromatic carbocycles. The minimum Gasteiger partial charge on any atom is -0.493 e. The third kappa shape index (κ3) is 2.01. The highest BCUT2D eigenvalue weighted by atomic mass is 32.2. The molecule has 0 atom stereocenters. The summed E-state index contributed by atoms with van der Waals surface area (Å²) in [5.74, 6) is 1.26. The molecule has 1 aromatic rings. The molecule has 0 fully saturated rings. The van der Waals surface area contributed by atoms with E-state index in [9.17, 15) is 4.79 Å². The van der Waals surface area contributed by atoms with Gasteiger partial charge in [-0.1, -0.05) is 0 Å². The minimum absolute atomic E-state index is 0.585. The Bertz CT molecular complexity index is 311. The fourth-order valence-corrected chi connectivity index (χ4v) is 1.79. The van der Waals surface area contributed by atoms with Crippen LogP contribution in [0.1, 0.15) is 10.4 Å². The molecular weight excluding hydrogens is 200 g/mol. The van der Waals surface area contributed by atoms with E-state index in [2.05, 4.69) is 0 Å². The predicted octanol–water partition coefficient (Wildman–Crippen LogP) is 2.24. The molecule has 0 aliphatic heterocycles. The average molecular weight is 212 g/mol. The zero-order chi connectivity index (χ0) is 10.6. The van der Waals surface area contributed by atoms with Crippen LogP contribution in [0.2, 0.25) is 0 Å². The number of hydrogen-bond donors (Lipinski definition) is 0. The first-order valence-electron chi connectivity index (χ1n) is 4.02. The Kier molecular flexibility index (Phi) is 3.83. The largest absolute Gasteiger partial charge is 0.493 e. The maximum atomic E-state index is 10.6. The lowest BCUT2D eigenvalue weighted by atomic mass is 10.2. The minimum atomic E-state index is 0.585.